The lowest BCUT2D eigenvalue weighted by molar-refractivity contribution is -0.141. The highest BCUT2D eigenvalue weighted by atomic mass is 16.4. The first-order valence-corrected chi connectivity index (χ1v) is 6.13. The third-order valence-corrected chi connectivity index (χ3v) is 3.37. The minimum absolute atomic E-state index is 0.0934. The molecule has 6 nitrogen and oxygen atoms in total. The van der Waals surface area contributed by atoms with E-state index < -0.39 is 18.1 Å². The second-order valence-corrected chi connectivity index (χ2v) is 4.85. The molecule has 0 radical (unpaired) electrons. The summed E-state index contributed by atoms with van der Waals surface area (Å²) in [5.41, 5.74) is 0. The van der Waals surface area contributed by atoms with Crippen LogP contribution in [0, 0.1) is 0 Å². The molecular formula is C12H18N2O4. The Morgan fingerprint density at radius 3 is 2.61 bits per heavy atom. The monoisotopic (exact) mass is 254 g/mol. The van der Waals surface area contributed by atoms with Crippen LogP contribution in [0.25, 0.3) is 0 Å². The van der Waals surface area contributed by atoms with Gasteiger partial charge < -0.3 is 20.0 Å². The van der Waals surface area contributed by atoms with Gasteiger partial charge in [0.1, 0.15) is 6.04 Å². The lowest BCUT2D eigenvalue weighted by Crippen LogP contribution is -2.49. The van der Waals surface area contributed by atoms with E-state index in [0.717, 1.165) is 12.8 Å². The van der Waals surface area contributed by atoms with Crippen molar-refractivity contribution in [2.45, 2.75) is 37.5 Å². The molecule has 2 rings (SSSR count). The Hall–Kier alpha value is -1.56. The number of carboxylic acid groups (broad SMARTS) is 1. The Labute approximate surface area is 105 Å². The summed E-state index contributed by atoms with van der Waals surface area (Å²) < 4.78 is 0. The normalized spacial score (nSPS) is 27.1. The van der Waals surface area contributed by atoms with Crippen molar-refractivity contribution in [3.8, 4) is 0 Å². The van der Waals surface area contributed by atoms with Gasteiger partial charge >= 0.3 is 12.0 Å². The molecule has 1 heterocycles. The van der Waals surface area contributed by atoms with Crippen LogP contribution in [-0.2, 0) is 4.79 Å². The summed E-state index contributed by atoms with van der Waals surface area (Å²) in [6, 6.07) is -1.03. The number of likely N-dealkylation sites (tertiary alicyclic amines) is 1. The Bertz CT molecular complexity index is 367. The van der Waals surface area contributed by atoms with E-state index >= 15 is 0 Å². The van der Waals surface area contributed by atoms with Crippen molar-refractivity contribution in [3.05, 3.63) is 12.7 Å². The van der Waals surface area contributed by atoms with Gasteiger partial charge in [0.25, 0.3) is 0 Å². The number of aliphatic carboxylic acids is 1. The number of hydrogen-bond acceptors (Lipinski definition) is 3. The van der Waals surface area contributed by atoms with Crippen molar-refractivity contribution in [1.82, 2.24) is 9.80 Å². The zero-order valence-corrected chi connectivity index (χ0v) is 10.2. The SMILES string of the molecule is C=CCN(C(=O)N1CC(O)C[C@H]1C(=O)O)C1CC1. The molecule has 0 aromatic carbocycles. The van der Waals surface area contributed by atoms with E-state index in [1.54, 1.807) is 11.0 Å². The predicted molar refractivity (Wildman–Crippen MR) is 64.1 cm³/mol. The van der Waals surface area contributed by atoms with Gasteiger partial charge in [-0.1, -0.05) is 6.08 Å². The number of hydrogen-bond donors (Lipinski definition) is 2. The molecule has 6 heteroatoms. The van der Waals surface area contributed by atoms with Crippen LogP contribution >= 0.6 is 0 Å². The van der Waals surface area contributed by atoms with Crippen LogP contribution in [0.2, 0.25) is 0 Å². The van der Waals surface area contributed by atoms with Crippen molar-refractivity contribution < 1.29 is 19.8 Å². The smallest absolute Gasteiger partial charge is 0.326 e. The van der Waals surface area contributed by atoms with Crippen molar-refractivity contribution in [2.75, 3.05) is 13.1 Å². The Balaban J connectivity index is 2.10. The zero-order valence-electron chi connectivity index (χ0n) is 10.2. The lowest BCUT2D eigenvalue weighted by atomic mass is 10.2. The highest BCUT2D eigenvalue weighted by Crippen LogP contribution is 2.29. The molecule has 2 aliphatic rings. The molecule has 100 valence electrons. The largest absolute Gasteiger partial charge is 0.480 e. The summed E-state index contributed by atoms with van der Waals surface area (Å²) in [4.78, 5) is 26.3. The number of carboxylic acids is 1. The second-order valence-electron chi connectivity index (χ2n) is 4.85. The molecule has 0 aromatic rings. The fraction of sp³-hybridized carbons (Fsp3) is 0.667. The summed E-state index contributed by atoms with van der Waals surface area (Å²) in [5.74, 6) is -1.06. The van der Waals surface area contributed by atoms with E-state index in [1.807, 2.05) is 0 Å². The molecule has 0 bridgehead atoms. The van der Waals surface area contributed by atoms with E-state index in [-0.39, 0.29) is 25.0 Å². The van der Waals surface area contributed by atoms with Crippen molar-refractivity contribution >= 4 is 12.0 Å². The fourth-order valence-electron chi connectivity index (χ4n) is 2.33. The molecule has 2 atom stereocenters. The molecule has 1 saturated heterocycles. The van der Waals surface area contributed by atoms with E-state index in [1.165, 1.54) is 4.90 Å². The first-order valence-electron chi connectivity index (χ1n) is 6.13. The standard InChI is InChI=1S/C12H18N2O4/c1-2-5-13(8-3-4-8)12(18)14-7-9(15)6-10(14)11(16)17/h2,8-10,15H,1,3-7H2,(H,16,17)/t9?,10-/m0/s1. The van der Waals surface area contributed by atoms with Gasteiger partial charge in [-0.3, -0.25) is 0 Å². The Morgan fingerprint density at radius 2 is 2.11 bits per heavy atom. The summed E-state index contributed by atoms with van der Waals surface area (Å²) >= 11 is 0. The van der Waals surface area contributed by atoms with Crippen LogP contribution in [0.15, 0.2) is 12.7 Å². The number of carbonyl (C=O) groups is 2. The molecule has 2 amide bonds. The number of nitrogens with zero attached hydrogens (tertiary/aromatic N) is 2. The van der Waals surface area contributed by atoms with Crippen LogP contribution in [0.1, 0.15) is 19.3 Å². The molecule has 2 fully saturated rings. The number of aliphatic hydroxyl groups is 1. The van der Waals surface area contributed by atoms with E-state index in [0.29, 0.717) is 6.54 Å². The highest BCUT2D eigenvalue weighted by molar-refractivity contribution is 5.84. The van der Waals surface area contributed by atoms with Crippen LogP contribution < -0.4 is 0 Å². The second kappa shape index (κ2) is 4.97. The molecule has 1 unspecified atom stereocenters. The highest BCUT2D eigenvalue weighted by Gasteiger charge is 2.43. The zero-order chi connectivity index (χ0) is 13.3. The Morgan fingerprint density at radius 1 is 1.44 bits per heavy atom. The Kier molecular flexibility index (Phi) is 3.56. The molecular weight excluding hydrogens is 236 g/mol. The molecule has 1 aliphatic heterocycles. The maximum absolute atomic E-state index is 12.3. The van der Waals surface area contributed by atoms with Crippen LogP contribution in [0.5, 0.6) is 0 Å². The molecule has 18 heavy (non-hydrogen) atoms. The molecule has 2 N–H and O–H groups in total. The number of carbonyl (C=O) groups excluding carboxylic acids is 1. The average molecular weight is 254 g/mol. The van der Waals surface area contributed by atoms with Crippen molar-refractivity contribution in [3.63, 3.8) is 0 Å². The lowest BCUT2D eigenvalue weighted by Gasteiger charge is -2.29. The summed E-state index contributed by atoms with van der Waals surface area (Å²) in [7, 11) is 0. The summed E-state index contributed by atoms with van der Waals surface area (Å²) in [6.45, 7) is 4.12. The number of urea groups is 1. The number of aliphatic hydroxyl groups excluding tert-OH is 1. The van der Waals surface area contributed by atoms with E-state index in [2.05, 4.69) is 6.58 Å². The van der Waals surface area contributed by atoms with Gasteiger partial charge in [-0.2, -0.15) is 0 Å². The van der Waals surface area contributed by atoms with Gasteiger partial charge in [0.2, 0.25) is 0 Å². The van der Waals surface area contributed by atoms with Gasteiger partial charge in [0.05, 0.1) is 6.10 Å². The maximum atomic E-state index is 12.3. The van der Waals surface area contributed by atoms with E-state index in [9.17, 15) is 14.7 Å². The fourth-order valence-corrected chi connectivity index (χ4v) is 2.33. The third kappa shape index (κ3) is 2.48. The molecule has 0 aromatic heterocycles. The van der Waals surface area contributed by atoms with Gasteiger partial charge in [0, 0.05) is 25.6 Å². The summed E-state index contributed by atoms with van der Waals surface area (Å²) in [5, 5.41) is 18.6. The molecule has 1 aliphatic carbocycles. The van der Waals surface area contributed by atoms with Gasteiger partial charge in [-0.15, -0.1) is 6.58 Å². The van der Waals surface area contributed by atoms with Crippen LogP contribution in [-0.4, -0.2) is 63.3 Å². The van der Waals surface area contributed by atoms with Crippen LogP contribution in [0.4, 0.5) is 4.79 Å². The number of amides is 2. The van der Waals surface area contributed by atoms with E-state index in [4.69, 9.17) is 5.11 Å². The molecule has 0 spiro atoms. The molecule has 1 saturated carbocycles. The maximum Gasteiger partial charge on any atom is 0.326 e. The predicted octanol–water partition coefficient (Wildman–Crippen LogP) is 0.277. The van der Waals surface area contributed by atoms with Gasteiger partial charge in [-0.05, 0) is 12.8 Å². The number of rotatable bonds is 4. The quantitative estimate of drug-likeness (QED) is 0.706. The van der Waals surface area contributed by atoms with Crippen LogP contribution in [0.3, 0.4) is 0 Å². The minimum Gasteiger partial charge on any atom is -0.480 e. The van der Waals surface area contributed by atoms with Gasteiger partial charge in [-0.25, -0.2) is 9.59 Å². The first-order chi connectivity index (χ1) is 8.54. The first kappa shape index (κ1) is 12.9. The van der Waals surface area contributed by atoms with Crippen molar-refractivity contribution in [1.29, 1.82) is 0 Å². The third-order valence-electron chi connectivity index (χ3n) is 3.37. The summed E-state index contributed by atoms with van der Waals surface area (Å²) in [6.07, 6.45) is 2.90. The average Bonchev–Trinajstić information content (AvgIpc) is 3.07. The van der Waals surface area contributed by atoms with Crippen molar-refractivity contribution in [2.24, 2.45) is 0 Å². The number of β-amino-alcohol motifs (C(OH)–C–C–N with tert-alkyl or cyclic N) is 1. The van der Waals surface area contributed by atoms with Gasteiger partial charge in [0.15, 0.2) is 0 Å². The minimum atomic E-state index is -1.06. The topological polar surface area (TPSA) is 81.1 Å².